The standard InChI is InChI=1S/C76H137N3O32/c1-6-8-10-12-14-16-18-20-21-23-25-27-29-31-33-35-52(88)79-45(46(87)34-32-30-28-26-24-22-19-17-15-13-11-9-7-2)41-100-73-64(98)62(96)67(51(40-84)106-73)107-75-65(99)68(57(91)48(37-81)103-75)109-72-54(78-44(5)86)60(94)66(50(39-83)105-72)108-76-70(111-74-63(97)61(95)55(89)42(3)101-74)69(58(92)49(38-82)104-76)110-71-53(77-43(4)85)59(93)56(90)47(36-80)102-71/h32,34,42,45-51,53-76,80-84,87,89-99H,6-31,33,35-41H2,1-5H3,(H,77,85)(H,78,86)(H,79,88)/b34-32+/t42?,45-,46+,47?,48?,49?,50?,51?,53?,54?,55+,56-,57-,58-,59+,60+,61?,62+,63-,64?,65?,66+,67+,68-,69-,70?,71-,72-,73+,74+,75-,76-/m0/s1. The van der Waals surface area contributed by atoms with E-state index in [4.69, 9.17) is 56.8 Å². The smallest absolute Gasteiger partial charge is 0.220 e. The first-order valence-corrected chi connectivity index (χ1v) is 40.8. The van der Waals surface area contributed by atoms with E-state index in [0.717, 1.165) is 65.2 Å². The lowest BCUT2D eigenvalue weighted by Crippen LogP contribution is -2.71. The number of hydrogen-bond donors (Lipinski definition) is 20. The molecule has 6 aliphatic heterocycles. The summed E-state index contributed by atoms with van der Waals surface area (Å²) < 4.78 is 72.3. The predicted octanol–water partition coefficient (Wildman–Crippen LogP) is -1.40. The van der Waals surface area contributed by atoms with Gasteiger partial charge in [-0.25, -0.2) is 0 Å². The maximum absolute atomic E-state index is 13.5. The lowest BCUT2D eigenvalue weighted by Gasteiger charge is -2.51. The van der Waals surface area contributed by atoms with E-state index in [9.17, 15) is 101 Å². The van der Waals surface area contributed by atoms with Gasteiger partial charge in [-0.1, -0.05) is 180 Å². The van der Waals surface area contributed by atoms with Gasteiger partial charge in [0.25, 0.3) is 0 Å². The third-order valence-corrected chi connectivity index (χ3v) is 21.7. The van der Waals surface area contributed by atoms with E-state index in [1.165, 1.54) is 116 Å². The van der Waals surface area contributed by atoms with Gasteiger partial charge in [-0.2, -0.15) is 0 Å². The number of allylic oxidation sites excluding steroid dienone is 1. The third kappa shape index (κ3) is 29.5. The highest BCUT2D eigenvalue weighted by atomic mass is 16.8. The van der Waals surface area contributed by atoms with Gasteiger partial charge in [0.15, 0.2) is 37.7 Å². The molecule has 0 aromatic heterocycles. The van der Waals surface area contributed by atoms with E-state index in [1.54, 1.807) is 6.08 Å². The molecule has 0 aromatic carbocycles. The van der Waals surface area contributed by atoms with Crippen LogP contribution >= 0.6 is 0 Å². The number of aliphatic hydroxyl groups is 17. The molecule has 0 bridgehead atoms. The van der Waals surface area contributed by atoms with Crippen molar-refractivity contribution in [2.75, 3.05) is 39.6 Å². The minimum Gasteiger partial charge on any atom is -0.394 e. The Balaban J connectivity index is 1.14. The maximum Gasteiger partial charge on any atom is 0.220 e. The Kier molecular flexibility index (Phi) is 44.8. The molecule has 6 aliphatic rings. The summed E-state index contributed by atoms with van der Waals surface area (Å²) in [6.07, 6.45) is -20.4. The third-order valence-electron chi connectivity index (χ3n) is 21.7. The monoisotopic (exact) mass is 1600 g/mol. The average molecular weight is 1600 g/mol. The van der Waals surface area contributed by atoms with Crippen molar-refractivity contribution in [2.45, 2.75) is 411 Å². The summed E-state index contributed by atoms with van der Waals surface area (Å²) in [5.41, 5.74) is 0. The Labute approximate surface area is 651 Å². The van der Waals surface area contributed by atoms with Crippen molar-refractivity contribution >= 4 is 17.7 Å². The summed E-state index contributed by atoms with van der Waals surface area (Å²) in [5, 5.41) is 199. The summed E-state index contributed by atoms with van der Waals surface area (Å²) in [6, 6.07) is -4.63. The second kappa shape index (κ2) is 51.4. The van der Waals surface area contributed by atoms with Gasteiger partial charge in [0.05, 0.1) is 57.9 Å². The number of ether oxygens (including phenoxy) is 12. The van der Waals surface area contributed by atoms with Crippen molar-refractivity contribution < 1.29 is 158 Å². The molecule has 0 radical (unpaired) electrons. The second-order valence-electron chi connectivity index (χ2n) is 30.6. The van der Waals surface area contributed by atoms with E-state index in [1.807, 2.05) is 6.08 Å². The Bertz CT molecular complexity index is 2580. The minimum absolute atomic E-state index is 0.174. The molecular weight excluding hydrogens is 1470 g/mol. The summed E-state index contributed by atoms with van der Waals surface area (Å²) in [7, 11) is 0. The molecule has 0 saturated carbocycles. The molecule has 3 amide bonds. The van der Waals surface area contributed by atoms with E-state index in [0.29, 0.717) is 12.8 Å². The quantitative estimate of drug-likeness (QED) is 0.0246. The van der Waals surface area contributed by atoms with Crippen LogP contribution in [0.1, 0.15) is 214 Å². The van der Waals surface area contributed by atoms with E-state index in [-0.39, 0.29) is 12.3 Å². The maximum atomic E-state index is 13.5. The van der Waals surface area contributed by atoms with Crippen LogP contribution in [0.25, 0.3) is 0 Å². The Morgan fingerprint density at radius 2 is 0.748 bits per heavy atom. The first-order chi connectivity index (χ1) is 53.3. The summed E-state index contributed by atoms with van der Waals surface area (Å²) in [5.74, 6) is -2.02. The number of rotatable bonds is 51. The molecule has 0 spiro atoms. The number of nitrogens with one attached hydrogen (secondary N) is 3. The van der Waals surface area contributed by atoms with E-state index < -0.39 is 248 Å². The fourth-order valence-electron chi connectivity index (χ4n) is 15.0. The van der Waals surface area contributed by atoms with Crippen molar-refractivity contribution in [1.82, 2.24) is 16.0 Å². The predicted molar refractivity (Wildman–Crippen MR) is 392 cm³/mol. The lowest BCUT2D eigenvalue weighted by molar-refractivity contribution is -0.402. The van der Waals surface area contributed by atoms with Crippen LogP contribution in [0, 0.1) is 0 Å². The Hall–Kier alpha value is -3.01. The largest absolute Gasteiger partial charge is 0.394 e. The summed E-state index contributed by atoms with van der Waals surface area (Å²) >= 11 is 0. The van der Waals surface area contributed by atoms with Gasteiger partial charge in [0, 0.05) is 20.3 Å². The van der Waals surface area contributed by atoms with Gasteiger partial charge in [0.2, 0.25) is 17.7 Å². The Morgan fingerprint density at radius 3 is 1.25 bits per heavy atom. The van der Waals surface area contributed by atoms with Crippen LogP contribution in [0.3, 0.4) is 0 Å². The number of carbonyl (C=O) groups excluding carboxylic acids is 3. The molecule has 35 heteroatoms. The van der Waals surface area contributed by atoms with Crippen molar-refractivity contribution in [3.8, 4) is 0 Å². The highest BCUT2D eigenvalue weighted by molar-refractivity contribution is 5.76. The average Bonchev–Trinajstić information content (AvgIpc) is 0.759. The molecule has 6 rings (SSSR count). The molecule has 111 heavy (non-hydrogen) atoms. The molecule has 6 heterocycles. The molecule has 0 aromatic rings. The molecular formula is C76H137N3O32. The molecule has 35 nitrogen and oxygen atoms in total. The van der Waals surface area contributed by atoms with Crippen LogP contribution in [0.4, 0.5) is 0 Å². The zero-order valence-electron chi connectivity index (χ0n) is 65.4. The molecule has 0 aliphatic carbocycles. The summed E-state index contributed by atoms with van der Waals surface area (Å²) in [6.45, 7) is 2.28. The van der Waals surface area contributed by atoms with Gasteiger partial charge >= 0.3 is 0 Å². The van der Waals surface area contributed by atoms with Crippen LogP contribution in [0.5, 0.6) is 0 Å². The zero-order valence-corrected chi connectivity index (χ0v) is 65.4. The van der Waals surface area contributed by atoms with Crippen molar-refractivity contribution in [2.24, 2.45) is 0 Å². The SMILES string of the molecule is CCCCCCCCCCCCC/C=C/[C@@H](O)[C@H](CO[C@@H]1OC(CO)[C@@H](O[C@@H]2OC(CO)[C@H](O)[C@H](O[C@@H]3OC(CO)[C@@H](O[C@@H]4OC(CO)[C@H](O)[C@H](O[C@@H]5OC(CO)[C@H](O)[C@H](O)C5NC(C)=O)C4O[C@H]4OC(C)[C@@H](O)C(O)[C@@H]4O)[C@H](O)C3NC(C)=O)C2O)[C@H](O)C1O)NC(=O)CCCCCCCCCCCCCCCCC. The highest BCUT2D eigenvalue weighted by Gasteiger charge is 2.59. The number of hydrogen-bond acceptors (Lipinski definition) is 32. The van der Waals surface area contributed by atoms with Gasteiger partial charge in [-0.15, -0.1) is 0 Å². The van der Waals surface area contributed by atoms with Crippen molar-refractivity contribution in [3.63, 3.8) is 0 Å². The van der Waals surface area contributed by atoms with E-state index >= 15 is 0 Å². The van der Waals surface area contributed by atoms with Crippen LogP contribution in [0.15, 0.2) is 12.2 Å². The molecule has 648 valence electrons. The number of amides is 3. The molecule has 32 atom stereocenters. The normalized spacial score (nSPS) is 37.4. The van der Waals surface area contributed by atoms with Crippen LogP contribution in [-0.2, 0) is 71.2 Å². The Morgan fingerprint density at radius 1 is 0.369 bits per heavy atom. The van der Waals surface area contributed by atoms with Crippen molar-refractivity contribution in [1.29, 1.82) is 0 Å². The van der Waals surface area contributed by atoms with E-state index in [2.05, 4.69) is 29.8 Å². The highest BCUT2D eigenvalue weighted by Crippen LogP contribution is 2.39. The molecule has 20 N–H and O–H groups in total. The van der Waals surface area contributed by atoms with Gasteiger partial charge < -0.3 is 160 Å². The van der Waals surface area contributed by atoms with Gasteiger partial charge in [-0.3, -0.25) is 14.4 Å². The topological polar surface area (TPSA) is 542 Å². The minimum atomic E-state index is -2.22. The van der Waals surface area contributed by atoms with Crippen LogP contribution < -0.4 is 16.0 Å². The number of unbranched alkanes of at least 4 members (excludes halogenated alkanes) is 25. The molecule has 12 unspecified atom stereocenters. The first-order valence-electron chi connectivity index (χ1n) is 40.8. The fourth-order valence-corrected chi connectivity index (χ4v) is 15.0. The molecule has 6 saturated heterocycles. The van der Waals surface area contributed by atoms with Crippen molar-refractivity contribution in [3.05, 3.63) is 12.2 Å². The zero-order chi connectivity index (χ0) is 81.3. The number of carbonyl (C=O) groups is 3. The lowest BCUT2D eigenvalue weighted by atomic mass is 9.93. The molecule has 6 fully saturated rings. The van der Waals surface area contributed by atoms with Gasteiger partial charge in [0.1, 0.15) is 140 Å². The summed E-state index contributed by atoms with van der Waals surface area (Å²) in [4.78, 5) is 39.1. The van der Waals surface area contributed by atoms with Crippen LogP contribution in [0.2, 0.25) is 0 Å². The number of aliphatic hydroxyl groups excluding tert-OH is 17. The van der Waals surface area contributed by atoms with Gasteiger partial charge in [-0.05, 0) is 26.2 Å². The first kappa shape index (κ1) is 96.8. The fraction of sp³-hybridized carbons (Fsp3) is 0.934. The second-order valence-corrected chi connectivity index (χ2v) is 30.6. The van der Waals surface area contributed by atoms with Crippen LogP contribution in [-0.4, -0.2) is 340 Å².